The quantitative estimate of drug-likeness (QED) is 0.338. The number of halogens is 1. The Morgan fingerprint density at radius 2 is 1.71 bits per heavy atom. The summed E-state index contributed by atoms with van der Waals surface area (Å²) in [6.45, 7) is 4.68. The smallest absolute Gasteiger partial charge is 0.407 e. The van der Waals surface area contributed by atoms with Crippen LogP contribution in [0.15, 0.2) is 0 Å². The molecule has 0 bridgehead atoms. The normalized spacial score (nSPS) is 11.8. The number of hydrogen-bond donors (Lipinski definition) is 1. The highest BCUT2D eigenvalue weighted by molar-refractivity contribution is 6.18. The molecule has 21 heavy (non-hydrogen) atoms. The fourth-order valence-corrected chi connectivity index (χ4v) is 1.85. The van der Waals surface area contributed by atoms with Crippen molar-refractivity contribution in [1.82, 2.24) is 5.32 Å². The molecule has 0 heterocycles. The summed E-state index contributed by atoms with van der Waals surface area (Å²) in [5.41, 5.74) is 0. The summed E-state index contributed by atoms with van der Waals surface area (Å²) in [5, 5.41) is 2.54. The van der Waals surface area contributed by atoms with Gasteiger partial charge >= 0.3 is 12.1 Å². The molecule has 0 saturated carbocycles. The maximum Gasteiger partial charge on any atom is 0.407 e. The van der Waals surface area contributed by atoms with Gasteiger partial charge in [0.15, 0.2) is 0 Å². The van der Waals surface area contributed by atoms with E-state index in [9.17, 15) is 9.59 Å². The van der Waals surface area contributed by atoms with Gasteiger partial charge in [-0.2, -0.15) is 0 Å². The van der Waals surface area contributed by atoms with Crippen LogP contribution in [0, 0.1) is 0 Å². The van der Waals surface area contributed by atoms with Crippen LogP contribution in [0.25, 0.3) is 0 Å². The van der Waals surface area contributed by atoms with E-state index in [4.69, 9.17) is 21.1 Å². The average molecular weight is 322 g/mol. The van der Waals surface area contributed by atoms with Gasteiger partial charge in [0.1, 0.15) is 12.6 Å². The Hall–Kier alpha value is -0.970. The highest BCUT2D eigenvalue weighted by Gasteiger charge is 2.22. The second-order valence-corrected chi connectivity index (χ2v) is 5.27. The minimum Gasteiger partial charge on any atom is -0.464 e. The highest BCUT2D eigenvalue weighted by atomic mass is 35.5. The Morgan fingerprint density at radius 1 is 1.00 bits per heavy atom. The molecule has 0 spiro atoms. The van der Waals surface area contributed by atoms with E-state index in [-0.39, 0.29) is 18.5 Å². The molecule has 1 atom stereocenters. The molecule has 0 saturated heterocycles. The number of carbonyl (C=O) groups is 2. The first-order valence-electron chi connectivity index (χ1n) is 7.81. The first-order chi connectivity index (χ1) is 10.2. The second-order valence-electron chi connectivity index (χ2n) is 4.89. The standard InChI is InChI=1S/C15H28ClNO4/c1-3-5-7-8-11-20-14(18)13(9-6-4-2)17-15(19)21-12-10-16/h13H,3-12H2,1-2H3,(H,17,19). The van der Waals surface area contributed by atoms with Gasteiger partial charge in [-0.3, -0.25) is 0 Å². The zero-order valence-electron chi connectivity index (χ0n) is 13.2. The summed E-state index contributed by atoms with van der Waals surface area (Å²) in [6, 6.07) is -0.640. The van der Waals surface area contributed by atoms with E-state index in [0.717, 1.165) is 38.5 Å². The van der Waals surface area contributed by atoms with Crippen molar-refractivity contribution in [2.24, 2.45) is 0 Å². The van der Waals surface area contributed by atoms with Crippen LogP contribution in [0.5, 0.6) is 0 Å². The molecule has 1 unspecified atom stereocenters. The Balaban J connectivity index is 4.12. The Bertz CT molecular complexity index is 287. The molecule has 0 rings (SSSR count). The monoisotopic (exact) mass is 321 g/mol. The molecular weight excluding hydrogens is 294 g/mol. The van der Waals surface area contributed by atoms with Gasteiger partial charge in [-0.05, 0) is 12.8 Å². The van der Waals surface area contributed by atoms with Gasteiger partial charge in [0, 0.05) is 0 Å². The Kier molecular flexibility index (Phi) is 13.3. The Labute approximate surface area is 132 Å². The van der Waals surface area contributed by atoms with E-state index in [1.165, 1.54) is 0 Å². The Morgan fingerprint density at radius 3 is 2.33 bits per heavy atom. The lowest BCUT2D eigenvalue weighted by molar-refractivity contribution is -0.146. The number of carbonyl (C=O) groups excluding carboxylic acids is 2. The third-order valence-electron chi connectivity index (χ3n) is 2.98. The second kappa shape index (κ2) is 14.0. The van der Waals surface area contributed by atoms with E-state index < -0.39 is 12.1 Å². The molecule has 0 aromatic heterocycles. The van der Waals surface area contributed by atoms with Crippen molar-refractivity contribution < 1.29 is 19.1 Å². The van der Waals surface area contributed by atoms with E-state index in [2.05, 4.69) is 12.2 Å². The molecule has 6 heteroatoms. The third-order valence-corrected chi connectivity index (χ3v) is 3.13. The lowest BCUT2D eigenvalue weighted by Crippen LogP contribution is -2.42. The maximum absolute atomic E-state index is 12.0. The predicted molar refractivity (Wildman–Crippen MR) is 83.6 cm³/mol. The van der Waals surface area contributed by atoms with Crippen molar-refractivity contribution >= 4 is 23.7 Å². The number of alkyl carbamates (subject to hydrolysis) is 1. The van der Waals surface area contributed by atoms with Crippen molar-refractivity contribution in [3.63, 3.8) is 0 Å². The number of alkyl halides is 1. The van der Waals surface area contributed by atoms with Crippen molar-refractivity contribution in [2.75, 3.05) is 19.1 Å². The van der Waals surface area contributed by atoms with E-state index in [0.29, 0.717) is 13.0 Å². The van der Waals surface area contributed by atoms with Crippen molar-refractivity contribution in [1.29, 1.82) is 0 Å². The van der Waals surface area contributed by atoms with Crippen LogP contribution in [0.4, 0.5) is 4.79 Å². The topological polar surface area (TPSA) is 64.6 Å². The van der Waals surface area contributed by atoms with Gasteiger partial charge in [0.25, 0.3) is 0 Å². The van der Waals surface area contributed by atoms with Crippen LogP contribution in [0.1, 0.15) is 58.8 Å². The molecule has 0 aromatic carbocycles. The zero-order valence-corrected chi connectivity index (χ0v) is 13.9. The summed E-state index contributed by atoms with van der Waals surface area (Å²) in [7, 11) is 0. The lowest BCUT2D eigenvalue weighted by atomic mass is 10.1. The number of ether oxygens (including phenoxy) is 2. The summed E-state index contributed by atoms with van der Waals surface area (Å²) < 4.78 is 10.0. The molecule has 0 fully saturated rings. The largest absolute Gasteiger partial charge is 0.464 e. The molecular formula is C15H28ClNO4. The number of rotatable bonds is 12. The summed E-state index contributed by atoms with van der Waals surface area (Å²) in [5.74, 6) is -0.155. The number of nitrogens with one attached hydrogen (secondary N) is 1. The first kappa shape index (κ1) is 20.0. The van der Waals surface area contributed by atoms with E-state index in [1.807, 2.05) is 6.92 Å². The molecule has 1 amide bonds. The molecule has 0 aliphatic heterocycles. The average Bonchev–Trinajstić information content (AvgIpc) is 2.48. The maximum atomic E-state index is 12.0. The van der Waals surface area contributed by atoms with Crippen molar-refractivity contribution in [3.05, 3.63) is 0 Å². The van der Waals surface area contributed by atoms with Crippen LogP contribution >= 0.6 is 11.6 Å². The van der Waals surface area contributed by atoms with Gasteiger partial charge in [-0.25, -0.2) is 9.59 Å². The molecule has 5 nitrogen and oxygen atoms in total. The summed E-state index contributed by atoms with van der Waals surface area (Å²) in [6.07, 6.45) is 5.90. The minimum absolute atomic E-state index is 0.125. The fraction of sp³-hybridized carbons (Fsp3) is 0.867. The number of esters is 1. The molecule has 1 N–H and O–H groups in total. The molecule has 0 aliphatic rings. The van der Waals surface area contributed by atoms with Gasteiger partial charge < -0.3 is 14.8 Å². The van der Waals surface area contributed by atoms with Gasteiger partial charge in [-0.1, -0.05) is 46.0 Å². The molecule has 0 aromatic rings. The molecule has 0 radical (unpaired) electrons. The lowest BCUT2D eigenvalue weighted by Gasteiger charge is -2.17. The minimum atomic E-state index is -0.640. The van der Waals surface area contributed by atoms with Crippen LogP contribution in [0.3, 0.4) is 0 Å². The number of amides is 1. The van der Waals surface area contributed by atoms with Crippen molar-refractivity contribution in [3.8, 4) is 0 Å². The summed E-state index contributed by atoms with van der Waals surface area (Å²) in [4.78, 5) is 23.5. The van der Waals surface area contributed by atoms with E-state index in [1.54, 1.807) is 0 Å². The summed E-state index contributed by atoms with van der Waals surface area (Å²) >= 11 is 5.44. The number of hydrogen-bond acceptors (Lipinski definition) is 4. The van der Waals surface area contributed by atoms with Gasteiger partial charge in [0.2, 0.25) is 0 Å². The zero-order chi connectivity index (χ0) is 15.9. The highest BCUT2D eigenvalue weighted by Crippen LogP contribution is 2.05. The SMILES string of the molecule is CCCCCCOC(=O)C(CCCC)NC(=O)OCCCl. The predicted octanol–water partition coefficient (Wildman–Crippen LogP) is 3.63. The van der Waals surface area contributed by atoms with Crippen LogP contribution in [-0.2, 0) is 14.3 Å². The third kappa shape index (κ3) is 11.4. The van der Waals surface area contributed by atoms with Crippen LogP contribution < -0.4 is 5.32 Å². The fourth-order valence-electron chi connectivity index (χ4n) is 1.77. The van der Waals surface area contributed by atoms with Crippen LogP contribution in [-0.4, -0.2) is 37.2 Å². The first-order valence-corrected chi connectivity index (χ1v) is 8.35. The molecule has 124 valence electrons. The number of unbranched alkanes of at least 4 members (excludes halogenated alkanes) is 4. The van der Waals surface area contributed by atoms with Crippen molar-refractivity contribution in [2.45, 2.75) is 64.8 Å². The van der Waals surface area contributed by atoms with Crippen LogP contribution in [0.2, 0.25) is 0 Å². The van der Waals surface area contributed by atoms with Gasteiger partial charge in [0.05, 0.1) is 12.5 Å². The van der Waals surface area contributed by atoms with E-state index >= 15 is 0 Å². The van der Waals surface area contributed by atoms with Gasteiger partial charge in [-0.15, -0.1) is 11.6 Å². The molecule has 0 aliphatic carbocycles.